The minimum Gasteiger partial charge on any atom is -0.494 e. The number of sulfonamides is 1. The topological polar surface area (TPSA) is 96.5 Å². The second-order valence-electron chi connectivity index (χ2n) is 7.27. The molecule has 0 aliphatic rings. The second-order valence-corrected chi connectivity index (χ2v) is 9.37. The zero-order valence-corrected chi connectivity index (χ0v) is 20.4. The number of carbonyl (C=O) groups is 1. The van der Waals surface area contributed by atoms with E-state index in [-0.39, 0.29) is 15.9 Å². The summed E-state index contributed by atoms with van der Waals surface area (Å²) in [7, 11) is -3.77. The fourth-order valence-corrected chi connectivity index (χ4v) is 4.16. The molecule has 176 valence electrons. The Hall–Kier alpha value is -3.69. The zero-order valence-electron chi connectivity index (χ0n) is 18.7. The first kappa shape index (κ1) is 24.9. The van der Waals surface area contributed by atoms with Gasteiger partial charge in [-0.2, -0.15) is 0 Å². The van der Waals surface area contributed by atoms with E-state index in [2.05, 4.69) is 15.4 Å². The normalized spacial score (nSPS) is 11.1. The van der Waals surface area contributed by atoms with Crippen LogP contribution in [0.2, 0.25) is 0 Å². The Labute approximate surface area is 204 Å². The molecule has 3 aromatic carbocycles. The van der Waals surface area contributed by atoms with Gasteiger partial charge in [0, 0.05) is 17.5 Å². The molecule has 0 unspecified atom stereocenters. The molecule has 0 aliphatic carbocycles. The molecule has 0 bridgehead atoms. The van der Waals surface area contributed by atoms with Crippen molar-refractivity contribution in [1.82, 2.24) is 5.32 Å². The van der Waals surface area contributed by atoms with Crippen LogP contribution in [-0.2, 0) is 14.8 Å². The molecule has 34 heavy (non-hydrogen) atoms. The Morgan fingerprint density at radius 2 is 1.56 bits per heavy atom. The predicted octanol–water partition coefficient (Wildman–Crippen LogP) is 4.72. The first-order valence-electron chi connectivity index (χ1n) is 10.5. The van der Waals surface area contributed by atoms with Crippen molar-refractivity contribution in [2.45, 2.75) is 18.7 Å². The van der Waals surface area contributed by atoms with Gasteiger partial charge < -0.3 is 10.1 Å². The van der Waals surface area contributed by atoms with Gasteiger partial charge in [0.15, 0.2) is 5.11 Å². The van der Waals surface area contributed by atoms with Crippen LogP contribution in [0, 0.1) is 6.92 Å². The minimum atomic E-state index is -3.77. The molecule has 0 radical (unpaired) electrons. The van der Waals surface area contributed by atoms with E-state index in [1.807, 2.05) is 38.1 Å². The van der Waals surface area contributed by atoms with Gasteiger partial charge in [-0.1, -0.05) is 29.8 Å². The van der Waals surface area contributed by atoms with Crippen molar-refractivity contribution in [2.24, 2.45) is 0 Å². The van der Waals surface area contributed by atoms with Gasteiger partial charge in [0.1, 0.15) is 5.75 Å². The van der Waals surface area contributed by atoms with E-state index >= 15 is 0 Å². The number of rotatable bonds is 8. The Kier molecular flexibility index (Phi) is 8.39. The molecular formula is C25H25N3O4S2. The quantitative estimate of drug-likeness (QED) is 0.309. The fourth-order valence-electron chi connectivity index (χ4n) is 2.88. The van der Waals surface area contributed by atoms with Crippen LogP contribution in [0.1, 0.15) is 18.1 Å². The Bertz CT molecular complexity index is 1270. The molecule has 0 aliphatic heterocycles. The molecule has 0 fully saturated rings. The Morgan fingerprint density at radius 3 is 2.18 bits per heavy atom. The maximum absolute atomic E-state index is 12.6. The highest BCUT2D eigenvalue weighted by atomic mass is 32.2. The molecule has 0 heterocycles. The van der Waals surface area contributed by atoms with Crippen molar-refractivity contribution in [3.8, 4) is 5.75 Å². The lowest BCUT2D eigenvalue weighted by molar-refractivity contribution is -0.115. The number of aryl methyl sites for hydroxylation is 1. The first-order chi connectivity index (χ1) is 16.2. The van der Waals surface area contributed by atoms with Crippen molar-refractivity contribution in [3.63, 3.8) is 0 Å². The van der Waals surface area contributed by atoms with Gasteiger partial charge >= 0.3 is 0 Å². The van der Waals surface area contributed by atoms with Crippen LogP contribution in [0.15, 0.2) is 83.8 Å². The van der Waals surface area contributed by atoms with Gasteiger partial charge in [0.05, 0.1) is 11.5 Å². The highest BCUT2D eigenvalue weighted by Crippen LogP contribution is 2.20. The third-order valence-corrected chi connectivity index (χ3v) is 6.18. The van der Waals surface area contributed by atoms with E-state index in [0.717, 1.165) is 11.1 Å². The maximum atomic E-state index is 12.6. The zero-order chi connectivity index (χ0) is 24.6. The largest absolute Gasteiger partial charge is 0.494 e. The lowest BCUT2D eigenvalue weighted by Gasteiger charge is -2.11. The molecule has 3 aromatic rings. The molecule has 0 saturated carbocycles. The molecule has 9 heteroatoms. The highest BCUT2D eigenvalue weighted by Gasteiger charge is 2.14. The van der Waals surface area contributed by atoms with E-state index in [1.165, 1.54) is 18.2 Å². The van der Waals surface area contributed by atoms with Gasteiger partial charge in [-0.25, -0.2) is 8.42 Å². The number of anilines is 2. The van der Waals surface area contributed by atoms with Crippen molar-refractivity contribution in [2.75, 3.05) is 16.6 Å². The van der Waals surface area contributed by atoms with Gasteiger partial charge in [-0.05, 0) is 86.2 Å². The number of hydrogen-bond acceptors (Lipinski definition) is 5. The molecule has 1 amide bonds. The van der Waals surface area contributed by atoms with Crippen LogP contribution in [0.5, 0.6) is 5.75 Å². The number of thiocarbonyl (C=S) groups is 1. The van der Waals surface area contributed by atoms with Crippen LogP contribution < -0.4 is 20.1 Å². The second kappa shape index (κ2) is 11.4. The molecule has 0 spiro atoms. The van der Waals surface area contributed by atoms with Crippen molar-refractivity contribution >= 4 is 50.7 Å². The molecule has 3 rings (SSSR count). The average molecular weight is 496 g/mol. The van der Waals surface area contributed by atoms with Gasteiger partial charge in [-0.15, -0.1) is 0 Å². The van der Waals surface area contributed by atoms with E-state index < -0.39 is 10.0 Å². The number of benzene rings is 3. The molecule has 0 atom stereocenters. The summed E-state index contributed by atoms with van der Waals surface area (Å²) in [5, 5.41) is 5.52. The van der Waals surface area contributed by atoms with Crippen LogP contribution in [0.3, 0.4) is 0 Å². The third kappa shape index (κ3) is 7.43. The summed E-state index contributed by atoms with van der Waals surface area (Å²) in [6.45, 7) is 4.40. The molecule has 3 N–H and O–H groups in total. The SMILES string of the molecule is CCOc1ccc(NS(=O)(=O)c2ccc(NC(=S)NC(=O)/C=C/c3ccc(C)cc3)cc2)cc1. The van der Waals surface area contributed by atoms with Crippen LogP contribution in [0.25, 0.3) is 6.08 Å². The van der Waals surface area contributed by atoms with E-state index in [9.17, 15) is 13.2 Å². The lowest BCUT2D eigenvalue weighted by atomic mass is 10.1. The summed E-state index contributed by atoms with van der Waals surface area (Å²) >= 11 is 5.16. The Balaban J connectivity index is 1.55. The first-order valence-corrected chi connectivity index (χ1v) is 12.4. The number of carbonyl (C=O) groups excluding carboxylic acids is 1. The molecule has 0 saturated heterocycles. The van der Waals surface area contributed by atoms with E-state index in [1.54, 1.807) is 42.5 Å². The van der Waals surface area contributed by atoms with Crippen molar-refractivity contribution in [1.29, 1.82) is 0 Å². The van der Waals surface area contributed by atoms with Crippen LogP contribution in [0.4, 0.5) is 11.4 Å². The number of hydrogen-bond donors (Lipinski definition) is 3. The van der Waals surface area contributed by atoms with Gasteiger partial charge in [0.25, 0.3) is 10.0 Å². The summed E-state index contributed by atoms with van der Waals surface area (Å²) in [5.41, 5.74) is 2.99. The lowest BCUT2D eigenvalue weighted by Crippen LogP contribution is -2.32. The third-order valence-electron chi connectivity index (χ3n) is 4.58. The predicted molar refractivity (Wildman–Crippen MR) is 139 cm³/mol. The molecular weight excluding hydrogens is 470 g/mol. The highest BCUT2D eigenvalue weighted by molar-refractivity contribution is 7.92. The van der Waals surface area contributed by atoms with Gasteiger partial charge in [-0.3, -0.25) is 14.8 Å². The summed E-state index contributed by atoms with van der Waals surface area (Å²) in [5.74, 6) is 0.284. The molecule has 7 nitrogen and oxygen atoms in total. The minimum absolute atomic E-state index is 0.0860. The van der Waals surface area contributed by atoms with Gasteiger partial charge in [0.2, 0.25) is 5.91 Å². The van der Waals surface area contributed by atoms with E-state index in [4.69, 9.17) is 17.0 Å². The fraction of sp³-hybridized carbons (Fsp3) is 0.120. The van der Waals surface area contributed by atoms with Crippen LogP contribution in [-0.4, -0.2) is 26.0 Å². The number of nitrogens with one attached hydrogen (secondary N) is 3. The summed E-state index contributed by atoms with van der Waals surface area (Å²) < 4.78 is 33.2. The van der Waals surface area contributed by atoms with Crippen molar-refractivity contribution in [3.05, 3.63) is 90.0 Å². The number of amides is 1. The average Bonchev–Trinajstić information content (AvgIpc) is 2.80. The summed E-state index contributed by atoms with van der Waals surface area (Å²) in [4.78, 5) is 12.2. The Morgan fingerprint density at radius 1 is 0.941 bits per heavy atom. The summed E-state index contributed by atoms with van der Waals surface area (Å²) in [6, 6.07) is 20.4. The monoisotopic (exact) mass is 495 g/mol. The van der Waals surface area contributed by atoms with E-state index in [0.29, 0.717) is 23.7 Å². The smallest absolute Gasteiger partial charge is 0.261 e. The van der Waals surface area contributed by atoms with Crippen molar-refractivity contribution < 1.29 is 17.9 Å². The standard InChI is InChI=1S/C25H25N3O4S2/c1-3-32-22-13-9-21(10-14-22)28-34(30,31)23-15-11-20(12-16-23)26-25(33)27-24(29)17-8-19-6-4-18(2)5-7-19/h4-17,28H,3H2,1-2H3,(H2,26,27,29,33)/b17-8+. The molecule has 0 aromatic heterocycles. The summed E-state index contributed by atoms with van der Waals surface area (Å²) in [6.07, 6.45) is 3.08. The van der Waals surface area contributed by atoms with Crippen LogP contribution >= 0.6 is 12.2 Å². The number of ether oxygens (including phenoxy) is 1. The maximum Gasteiger partial charge on any atom is 0.261 e.